The van der Waals surface area contributed by atoms with Gasteiger partial charge in [0.2, 0.25) is 0 Å². The maximum atomic E-state index is 12.9. The van der Waals surface area contributed by atoms with Crippen molar-refractivity contribution >= 4 is 11.6 Å². The van der Waals surface area contributed by atoms with Crippen LogP contribution >= 0.6 is 0 Å². The third-order valence-corrected chi connectivity index (χ3v) is 4.50. The average molecular weight is 392 g/mol. The molecular formula is C22H20N2O5. The molecule has 0 spiro atoms. The van der Waals surface area contributed by atoms with Gasteiger partial charge in [-0.05, 0) is 35.4 Å². The van der Waals surface area contributed by atoms with Gasteiger partial charge < -0.3 is 14.8 Å². The van der Waals surface area contributed by atoms with Crippen molar-refractivity contribution < 1.29 is 19.2 Å². The Morgan fingerprint density at radius 2 is 1.59 bits per heavy atom. The Bertz CT molecular complexity index is 1000. The third kappa shape index (κ3) is 4.52. The molecule has 0 saturated heterocycles. The molecule has 148 valence electrons. The van der Waals surface area contributed by atoms with Gasteiger partial charge in [0.25, 0.3) is 5.91 Å². The molecule has 3 rings (SSSR count). The summed E-state index contributed by atoms with van der Waals surface area (Å²) in [5, 5.41) is 14.2. The lowest BCUT2D eigenvalue weighted by molar-refractivity contribution is -0.385. The van der Waals surface area contributed by atoms with Gasteiger partial charge in [-0.15, -0.1) is 0 Å². The Balaban J connectivity index is 1.94. The molecule has 0 aliphatic carbocycles. The van der Waals surface area contributed by atoms with Crippen LogP contribution in [0.5, 0.6) is 11.5 Å². The van der Waals surface area contributed by atoms with E-state index in [1.807, 2.05) is 54.6 Å². The van der Waals surface area contributed by atoms with Crippen LogP contribution in [-0.4, -0.2) is 25.1 Å². The lowest BCUT2D eigenvalue weighted by Crippen LogP contribution is -2.29. The zero-order valence-electron chi connectivity index (χ0n) is 16.0. The first-order valence-corrected chi connectivity index (χ1v) is 8.85. The van der Waals surface area contributed by atoms with Crippen molar-refractivity contribution in [1.82, 2.24) is 5.32 Å². The molecule has 0 radical (unpaired) electrons. The highest BCUT2D eigenvalue weighted by atomic mass is 16.6. The summed E-state index contributed by atoms with van der Waals surface area (Å²) in [6, 6.07) is 20.5. The molecular weight excluding hydrogens is 372 g/mol. The molecule has 0 aromatic heterocycles. The molecule has 7 nitrogen and oxygen atoms in total. The predicted molar refractivity (Wildman–Crippen MR) is 108 cm³/mol. The number of methoxy groups -OCH3 is 2. The number of ether oxygens (including phenoxy) is 2. The summed E-state index contributed by atoms with van der Waals surface area (Å²) in [6.45, 7) is 0. The first kappa shape index (κ1) is 19.9. The number of rotatable bonds is 7. The fraction of sp³-hybridized carbons (Fsp3) is 0.136. The summed E-state index contributed by atoms with van der Waals surface area (Å²) in [5.74, 6) is 0.374. The van der Waals surface area contributed by atoms with Gasteiger partial charge in [-0.3, -0.25) is 14.9 Å². The van der Waals surface area contributed by atoms with Crippen molar-refractivity contribution in [2.75, 3.05) is 14.2 Å². The SMILES string of the molecule is COc1ccc([C@H](NC(=O)c2ccc(OC)c([N+](=O)[O-])c2)c2ccccc2)cc1. The first-order chi connectivity index (χ1) is 14.0. The number of carbonyl (C=O) groups is 1. The van der Waals surface area contributed by atoms with Gasteiger partial charge in [0.15, 0.2) is 5.75 Å². The molecule has 0 fully saturated rings. The Morgan fingerprint density at radius 1 is 0.931 bits per heavy atom. The van der Waals surface area contributed by atoms with Crippen molar-refractivity contribution in [3.05, 3.63) is 99.6 Å². The van der Waals surface area contributed by atoms with E-state index >= 15 is 0 Å². The number of nitrogens with zero attached hydrogens (tertiary/aromatic N) is 1. The topological polar surface area (TPSA) is 90.7 Å². The van der Waals surface area contributed by atoms with Crippen LogP contribution in [0.1, 0.15) is 27.5 Å². The standard InChI is InChI=1S/C22H20N2O5/c1-28-18-11-8-16(9-12-18)21(15-6-4-3-5-7-15)23-22(25)17-10-13-20(29-2)19(14-17)24(26)27/h3-14,21H,1-2H3,(H,23,25)/t21-/m1/s1. The van der Waals surface area contributed by atoms with E-state index in [2.05, 4.69) is 5.32 Å². The lowest BCUT2D eigenvalue weighted by Gasteiger charge is -2.20. The number of carbonyl (C=O) groups excluding carboxylic acids is 1. The van der Waals surface area contributed by atoms with E-state index in [4.69, 9.17) is 9.47 Å². The maximum Gasteiger partial charge on any atom is 0.311 e. The molecule has 0 saturated carbocycles. The summed E-state index contributed by atoms with van der Waals surface area (Å²) in [7, 11) is 2.93. The second-order valence-electron chi connectivity index (χ2n) is 6.23. The quantitative estimate of drug-likeness (QED) is 0.482. The molecule has 0 bridgehead atoms. The Kier molecular flexibility index (Phi) is 6.09. The summed E-state index contributed by atoms with van der Waals surface area (Å²) in [4.78, 5) is 23.6. The number of nitro groups is 1. The highest BCUT2D eigenvalue weighted by Crippen LogP contribution is 2.29. The van der Waals surface area contributed by atoms with Gasteiger partial charge in [-0.1, -0.05) is 42.5 Å². The van der Waals surface area contributed by atoms with E-state index < -0.39 is 16.9 Å². The summed E-state index contributed by atoms with van der Waals surface area (Å²) >= 11 is 0. The van der Waals surface area contributed by atoms with Crippen LogP contribution in [0.4, 0.5) is 5.69 Å². The average Bonchev–Trinajstić information content (AvgIpc) is 2.77. The van der Waals surface area contributed by atoms with E-state index in [0.29, 0.717) is 5.75 Å². The van der Waals surface area contributed by atoms with E-state index in [1.165, 1.54) is 25.3 Å². The van der Waals surface area contributed by atoms with E-state index in [-0.39, 0.29) is 17.0 Å². The van der Waals surface area contributed by atoms with Crippen LogP contribution in [0.25, 0.3) is 0 Å². The van der Waals surface area contributed by atoms with Crippen LogP contribution < -0.4 is 14.8 Å². The van der Waals surface area contributed by atoms with Crippen molar-refractivity contribution in [2.24, 2.45) is 0 Å². The molecule has 3 aromatic carbocycles. The Labute approximate surface area is 168 Å². The number of benzene rings is 3. The molecule has 7 heteroatoms. The molecule has 0 aliphatic heterocycles. The second-order valence-corrected chi connectivity index (χ2v) is 6.23. The minimum absolute atomic E-state index is 0.0984. The molecule has 0 aliphatic rings. The summed E-state index contributed by atoms with van der Waals surface area (Å²) in [6.07, 6.45) is 0. The number of hydrogen-bond acceptors (Lipinski definition) is 5. The van der Waals surface area contributed by atoms with E-state index in [1.54, 1.807) is 7.11 Å². The highest BCUT2D eigenvalue weighted by molar-refractivity contribution is 5.95. The van der Waals surface area contributed by atoms with E-state index in [9.17, 15) is 14.9 Å². The number of hydrogen-bond donors (Lipinski definition) is 1. The maximum absolute atomic E-state index is 12.9. The van der Waals surface area contributed by atoms with Gasteiger partial charge in [-0.2, -0.15) is 0 Å². The Hall–Kier alpha value is -3.87. The molecule has 0 unspecified atom stereocenters. The van der Waals surface area contributed by atoms with Crippen LogP contribution in [-0.2, 0) is 0 Å². The van der Waals surface area contributed by atoms with Gasteiger partial charge in [0.05, 0.1) is 25.2 Å². The fourth-order valence-electron chi connectivity index (χ4n) is 2.99. The second kappa shape index (κ2) is 8.88. The van der Waals surface area contributed by atoms with Gasteiger partial charge in [0, 0.05) is 11.6 Å². The van der Waals surface area contributed by atoms with Crippen LogP contribution in [0.15, 0.2) is 72.8 Å². The Morgan fingerprint density at radius 3 is 2.17 bits per heavy atom. The van der Waals surface area contributed by atoms with Crippen molar-refractivity contribution in [1.29, 1.82) is 0 Å². The highest BCUT2D eigenvalue weighted by Gasteiger charge is 2.21. The molecule has 0 heterocycles. The summed E-state index contributed by atoms with van der Waals surface area (Å²) in [5.41, 5.74) is 1.65. The normalized spacial score (nSPS) is 11.4. The number of amides is 1. The van der Waals surface area contributed by atoms with Crippen LogP contribution in [0.2, 0.25) is 0 Å². The zero-order valence-corrected chi connectivity index (χ0v) is 16.0. The van der Waals surface area contributed by atoms with Crippen molar-refractivity contribution in [2.45, 2.75) is 6.04 Å². The molecule has 29 heavy (non-hydrogen) atoms. The van der Waals surface area contributed by atoms with Gasteiger partial charge in [-0.25, -0.2) is 0 Å². The summed E-state index contributed by atoms with van der Waals surface area (Å²) < 4.78 is 10.2. The molecule has 3 aromatic rings. The van der Waals surface area contributed by atoms with Gasteiger partial charge in [0.1, 0.15) is 5.75 Å². The minimum atomic E-state index is -0.576. The third-order valence-electron chi connectivity index (χ3n) is 4.50. The number of nitrogens with one attached hydrogen (secondary N) is 1. The van der Waals surface area contributed by atoms with E-state index in [0.717, 1.165) is 11.1 Å². The minimum Gasteiger partial charge on any atom is -0.497 e. The van der Waals surface area contributed by atoms with Crippen molar-refractivity contribution in [3.8, 4) is 11.5 Å². The zero-order chi connectivity index (χ0) is 20.8. The van der Waals surface area contributed by atoms with Crippen molar-refractivity contribution in [3.63, 3.8) is 0 Å². The smallest absolute Gasteiger partial charge is 0.311 e. The lowest BCUT2D eigenvalue weighted by atomic mass is 9.98. The predicted octanol–water partition coefficient (Wildman–Crippen LogP) is 4.13. The monoisotopic (exact) mass is 392 g/mol. The fourth-order valence-corrected chi connectivity index (χ4v) is 2.99. The first-order valence-electron chi connectivity index (χ1n) is 8.85. The molecule has 1 amide bonds. The largest absolute Gasteiger partial charge is 0.497 e. The van der Waals surface area contributed by atoms with Crippen LogP contribution in [0, 0.1) is 10.1 Å². The van der Waals surface area contributed by atoms with Crippen LogP contribution in [0.3, 0.4) is 0 Å². The molecule has 1 N–H and O–H groups in total. The molecule has 1 atom stereocenters. The van der Waals surface area contributed by atoms with Gasteiger partial charge >= 0.3 is 5.69 Å². The number of nitro benzene ring substituents is 1.